The Hall–Kier alpha value is -2.32. The topological polar surface area (TPSA) is 59.3 Å². The number of hydrogen-bond donors (Lipinski definition) is 0. The van der Waals surface area contributed by atoms with E-state index in [0.717, 1.165) is 16.7 Å². The highest BCUT2D eigenvalue weighted by atomic mass is 79.9. The molecule has 0 spiro atoms. The highest BCUT2D eigenvalue weighted by Crippen LogP contribution is 2.28. The fraction of sp³-hybridized carbons (Fsp3) is 0.176. The first-order valence-corrected chi connectivity index (χ1v) is 7.68. The summed E-state index contributed by atoms with van der Waals surface area (Å²) in [5, 5.41) is 9.66. The van der Waals surface area contributed by atoms with E-state index in [2.05, 4.69) is 26.7 Å². The van der Waals surface area contributed by atoms with E-state index in [9.17, 15) is 4.79 Å². The number of carbonyl (C=O) groups is 1. The van der Waals surface area contributed by atoms with Crippen LogP contribution in [0.4, 0.5) is 0 Å². The van der Waals surface area contributed by atoms with Gasteiger partial charge in [0.25, 0.3) is 0 Å². The van der Waals surface area contributed by atoms with Gasteiger partial charge in [-0.15, -0.1) is 0 Å². The van der Waals surface area contributed by atoms with Gasteiger partial charge in [-0.25, -0.2) is 4.79 Å². The van der Waals surface area contributed by atoms with Crippen LogP contribution in [0.3, 0.4) is 0 Å². The number of alkyl halides is 1. The van der Waals surface area contributed by atoms with Crippen molar-refractivity contribution in [3.05, 3.63) is 53.6 Å². The molecule has 0 aliphatic rings. The minimum atomic E-state index is -0.433. The number of nitrogens with zero attached hydrogens (tertiary/aromatic N) is 1. The average Bonchev–Trinajstić information content (AvgIpc) is 2.59. The zero-order chi connectivity index (χ0) is 15.9. The molecule has 0 aliphatic carbocycles. The summed E-state index contributed by atoms with van der Waals surface area (Å²) < 4.78 is 10.0. The average molecular weight is 360 g/mol. The highest BCUT2D eigenvalue weighted by Gasteiger charge is 2.07. The number of esters is 1. The van der Waals surface area contributed by atoms with Gasteiger partial charge in [0.1, 0.15) is 5.75 Å². The van der Waals surface area contributed by atoms with E-state index in [-0.39, 0.29) is 6.61 Å². The zero-order valence-electron chi connectivity index (χ0n) is 12.0. The number of nitriles is 1. The van der Waals surface area contributed by atoms with Crippen LogP contribution in [0.25, 0.3) is 11.1 Å². The van der Waals surface area contributed by atoms with Crippen molar-refractivity contribution >= 4 is 21.9 Å². The van der Waals surface area contributed by atoms with Crippen LogP contribution in [0.1, 0.15) is 11.1 Å². The Kier molecular flexibility index (Phi) is 5.56. The normalized spacial score (nSPS) is 9.86. The number of halogens is 1. The minimum absolute atomic E-state index is 0.139. The van der Waals surface area contributed by atoms with Crippen molar-refractivity contribution in [2.45, 2.75) is 5.33 Å². The molecule has 0 unspecified atom stereocenters. The summed E-state index contributed by atoms with van der Waals surface area (Å²) in [5.74, 6) is 0.150. The number of rotatable bonds is 5. The Morgan fingerprint density at radius 3 is 2.73 bits per heavy atom. The van der Waals surface area contributed by atoms with Gasteiger partial charge >= 0.3 is 5.97 Å². The number of ether oxygens (including phenoxy) is 2. The quantitative estimate of drug-likeness (QED) is 0.603. The van der Waals surface area contributed by atoms with Gasteiger partial charge in [0.05, 0.1) is 18.7 Å². The standard InChI is InChI=1S/C17H14BrNO3/c1-21-17(20)11-22-16-7-13(9-18)6-15(8-16)14-4-2-3-12(5-14)10-19/h2-8H,9,11H2,1H3. The molecule has 0 aromatic heterocycles. The van der Waals surface area contributed by atoms with E-state index in [1.54, 1.807) is 6.07 Å². The zero-order valence-corrected chi connectivity index (χ0v) is 13.6. The van der Waals surface area contributed by atoms with Crippen LogP contribution in [0.5, 0.6) is 5.75 Å². The second kappa shape index (κ2) is 7.62. The fourth-order valence-electron chi connectivity index (χ4n) is 1.96. The summed E-state index contributed by atoms with van der Waals surface area (Å²) in [6.45, 7) is -0.139. The third-order valence-electron chi connectivity index (χ3n) is 3.03. The van der Waals surface area contributed by atoms with Gasteiger partial charge in [-0.1, -0.05) is 34.1 Å². The molecule has 0 N–H and O–H groups in total. The number of benzene rings is 2. The summed E-state index contributed by atoms with van der Waals surface area (Å²) in [4.78, 5) is 11.2. The van der Waals surface area contributed by atoms with E-state index in [1.807, 2.05) is 36.4 Å². The molecule has 0 atom stereocenters. The van der Waals surface area contributed by atoms with Crippen LogP contribution in [0.15, 0.2) is 42.5 Å². The monoisotopic (exact) mass is 359 g/mol. The van der Waals surface area contributed by atoms with E-state index in [0.29, 0.717) is 16.6 Å². The first kappa shape index (κ1) is 16.1. The summed E-state index contributed by atoms with van der Waals surface area (Å²) in [5.41, 5.74) is 3.46. The third-order valence-corrected chi connectivity index (χ3v) is 3.68. The number of hydrogen-bond acceptors (Lipinski definition) is 4. The molecule has 0 aliphatic heterocycles. The number of methoxy groups -OCH3 is 1. The van der Waals surface area contributed by atoms with Crippen molar-refractivity contribution in [3.8, 4) is 22.9 Å². The lowest BCUT2D eigenvalue weighted by Gasteiger charge is -2.10. The molecule has 0 saturated carbocycles. The predicted molar refractivity (Wildman–Crippen MR) is 86.7 cm³/mol. The Morgan fingerprint density at radius 1 is 1.23 bits per heavy atom. The van der Waals surface area contributed by atoms with Crippen LogP contribution in [-0.4, -0.2) is 19.7 Å². The largest absolute Gasteiger partial charge is 0.482 e. The molecule has 2 rings (SSSR count). The molecule has 0 radical (unpaired) electrons. The summed E-state index contributed by atoms with van der Waals surface area (Å²) >= 11 is 3.42. The fourth-order valence-corrected chi connectivity index (χ4v) is 2.28. The predicted octanol–water partition coefficient (Wildman–Crippen LogP) is 3.67. The first-order chi connectivity index (χ1) is 10.7. The lowest BCUT2D eigenvalue weighted by atomic mass is 10.0. The molecule has 0 fully saturated rings. The second-order valence-corrected chi connectivity index (χ2v) is 5.12. The Morgan fingerprint density at radius 2 is 2.05 bits per heavy atom. The van der Waals surface area contributed by atoms with Gasteiger partial charge in [0.2, 0.25) is 0 Å². The molecule has 2 aromatic rings. The van der Waals surface area contributed by atoms with Crippen LogP contribution in [-0.2, 0) is 14.9 Å². The van der Waals surface area contributed by atoms with Gasteiger partial charge in [-0.2, -0.15) is 5.26 Å². The molecule has 4 nitrogen and oxygen atoms in total. The van der Waals surface area contributed by atoms with Crippen LogP contribution in [0, 0.1) is 11.3 Å². The van der Waals surface area contributed by atoms with Crippen molar-refractivity contribution in [2.24, 2.45) is 0 Å². The van der Waals surface area contributed by atoms with Gasteiger partial charge < -0.3 is 9.47 Å². The van der Waals surface area contributed by atoms with Crippen molar-refractivity contribution in [3.63, 3.8) is 0 Å². The Labute approximate surface area is 137 Å². The highest BCUT2D eigenvalue weighted by molar-refractivity contribution is 9.08. The Balaban J connectivity index is 2.34. The van der Waals surface area contributed by atoms with E-state index in [1.165, 1.54) is 7.11 Å². The van der Waals surface area contributed by atoms with Crippen LogP contribution < -0.4 is 4.74 Å². The smallest absolute Gasteiger partial charge is 0.343 e. The van der Waals surface area contributed by atoms with Crippen molar-refractivity contribution in [1.82, 2.24) is 0 Å². The lowest BCUT2D eigenvalue weighted by molar-refractivity contribution is -0.142. The lowest BCUT2D eigenvalue weighted by Crippen LogP contribution is -2.12. The maximum Gasteiger partial charge on any atom is 0.343 e. The van der Waals surface area contributed by atoms with E-state index >= 15 is 0 Å². The summed E-state index contributed by atoms with van der Waals surface area (Å²) in [6.07, 6.45) is 0. The first-order valence-electron chi connectivity index (χ1n) is 6.56. The maximum atomic E-state index is 11.2. The summed E-state index contributed by atoms with van der Waals surface area (Å²) in [7, 11) is 1.32. The van der Waals surface area contributed by atoms with E-state index < -0.39 is 5.97 Å². The molecular formula is C17H14BrNO3. The molecule has 112 valence electrons. The van der Waals surface area contributed by atoms with Gasteiger partial charge in [0, 0.05) is 5.33 Å². The molecule has 2 aromatic carbocycles. The maximum absolute atomic E-state index is 11.2. The molecule has 0 bridgehead atoms. The molecule has 0 amide bonds. The SMILES string of the molecule is COC(=O)COc1cc(CBr)cc(-c2cccc(C#N)c2)c1. The Bertz CT molecular complexity index is 722. The minimum Gasteiger partial charge on any atom is -0.482 e. The van der Waals surface area contributed by atoms with Crippen LogP contribution in [0.2, 0.25) is 0 Å². The van der Waals surface area contributed by atoms with Crippen molar-refractivity contribution in [1.29, 1.82) is 5.26 Å². The third kappa shape index (κ3) is 4.09. The van der Waals surface area contributed by atoms with Crippen LogP contribution >= 0.6 is 15.9 Å². The van der Waals surface area contributed by atoms with Gasteiger partial charge in [-0.3, -0.25) is 0 Å². The molecule has 0 saturated heterocycles. The van der Waals surface area contributed by atoms with Gasteiger partial charge in [-0.05, 0) is 41.0 Å². The number of carbonyl (C=O) groups excluding carboxylic acids is 1. The van der Waals surface area contributed by atoms with Gasteiger partial charge in [0.15, 0.2) is 6.61 Å². The molecule has 22 heavy (non-hydrogen) atoms. The second-order valence-electron chi connectivity index (χ2n) is 4.56. The molecule has 5 heteroatoms. The van der Waals surface area contributed by atoms with Crippen molar-refractivity contribution in [2.75, 3.05) is 13.7 Å². The molecular weight excluding hydrogens is 346 g/mol. The van der Waals surface area contributed by atoms with Crippen molar-refractivity contribution < 1.29 is 14.3 Å². The van der Waals surface area contributed by atoms with E-state index in [4.69, 9.17) is 10.00 Å². The summed E-state index contributed by atoms with van der Waals surface area (Å²) in [6, 6.07) is 15.2. The molecule has 0 heterocycles.